The van der Waals surface area contributed by atoms with Crippen molar-refractivity contribution in [3.05, 3.63) is 119 Å². The van der Waals surface area contributed by atoms with Gasteiger partial charge in [-0.1, -0.05) is 91.0 Å². The van der Waals surface area contributed by atoms with Gasteiger partial charge in [0.2, 0.25) is 0 Å². The van der Waals surface area contributed by atoms with Crippen LogP contribution in [0.3, 0.4) is 0 Å². The highest BCUT2D eigenvalue weighted by Crippen LogP contribution is 2.59. The van der Waals surface area contributed by atoms with Gasteiger partial charge in [0, 0.05) is 5.92 Å². The summed E-state index contributed by atoms with van der Waals surface area (Å²) in [6.45, 7) is 2.22. The molecule has 0 aliphatic heterocycles. The van der Waals surface area contributed by atoms with Crippen molar-refractivity contribution in [3.8, 4) is 22.3 Å². The fourth-order valence-electron chi connectivity index (χ4n) is 5.53. The molecule has 1 unspecified atom stereocenters. The Hall–Kier alpha value is -3.16. The van der Waals surface area contributed by atoms with E-state index in [-0.39, 0.29) is 5.92 Å². The second-order valence-electron chi connectivity index (χ2n) is 8.02. The average molecular weight is 359 g/mol. The summed E-state index contributed by atoms with van der Waals surface area (Å²) in [5, 5.41) is 0. The van der Waals surface area contributed by atoms with Gasteiger partial charge in [-0.15, -0.1) is 0 Å². The van der Waals surface area contributed by atoms with Crippen LogP contribution in [0.2, 0.25) is 0 Å². The molecule has 4 aromatic rings. The van der Waals surface area contributed by atoms with Crippen molar-refractivity contribution >= 4 is 0 Å². The van der Waals surface area contributed by atoms with Gasteiger partial charge in [-0.3, -0.25) is 0 Å². The summed E-state index contributed by atoms with van der Waals surface area (Å²) in [7, 11) is 0. The maximum atomic E-state index is 7.49. The van der Waals surface area contributed by atoms with Crippen molar-refractivity contribution in [2.45, 2.75) is 18.4 Å². The lowest BCUT2D eigenvalue weighted by atomic mass is 9.71. The topological polar surface area (TPSA) is 26.0 Å². The van der Waals surface area contributed by atoms with E-state index in [2.05, 4.69) is 97.9 Å². The van der Waals surface area contributed by atoms with Crippen molar-refractivity contribution < 1.29 is 0 Å². The van der Waals surface area contributed by atoms with E-state index in [0.29, 0.717) is 0 Å². The maximum Gasteiger partial charge on any atom is 0.0788 e. The van der Waals surface area contributed by atoms with Gasteiger partial charge in [-0.2, -0.15) is 0 Å². The Morgan fingerprint density at radius 1 is 0.607 bits per heavy atom. The average Bonchev–Trinajstić information content (AvgIpc) is 3.22. The molecule has 0 saturated heterocycles. The molecule has 0 radical (unpaired) electrons. The SMILES string of the molecule is Cc1cccc2c1C(C1(N)c3ccccc3-c3ccccc31)c1ccccc1-2. The fourth-order valence-corrected chi connectivity index (χ4v) is 5.53. The summed E-state index contributed by atoms with van der Waals surface area (Å²) >= 11 is 0. The minimum atomic E-state index is -0.583. The third-order valence-corrected chi connectivity index (χ3v) is 6.67. The molecule has 0 saturated carbocycles. The predicted octanol–water partition coefficient (Wildman–Crippen LogP) is 5.99. The zero-order valence-corrected chi connectivity index (χ0v) is 15.8. The molecular weight excluding hydrogens is 338 g/mol. The Bertz CT molecular complexity index is 1210. The highest BCUT2D eigenvalue weighted by molar-refractivity contribution is 5.87. The van der Waals surface area contributed by atoms with Crippen molar-refractivity contribution in [2.75, 3.05) is 0 Å². The Labute approximate surface area is 165 Å². The van der Waals surface area contributed by atoms with Crippen LogP contribution >= 0.6 is 0 Å². The van der Waals surface area contributed by atoms with Crippen LogP contribution in [0.1, 0.15) is 33.7 Å². The molecule has 2 N–H and O–H groups in total. The molecule has 0 bridgehead atoms. The molecule has 134 valence electrons. The Morgan fingerprint density at radius 2 is 1.14 bits per heavy atom. The second kappa shape index (κ2) is 5.43. The minimum absolute atomic E-state index is 0.102. The Kier molecular flexibility index (Phi) is 3.08. The highest BCUT2D eigenvalue weighted by atomic mass is 14.8. The summed E-state index contributed by atoms with van der Waals surface area (Å²) in [6.07, 6.45) is 0. The molecule has 1 heteroatoms. The zero-order chi connectivity index (χ0) is 18.9. The van der Waals surface area contributed by atoms with E-state index in [1.54, 1.807) is 0 Å². The lowest BCUT2D eigenvalue weighted by Gasteiger charge is -2.36. The largest absolute Gasteiger partial charge is 0.317 e. The van der Waals surface area contributed by atoms with E-state index in [1.807, 2.05) is 0 Å². The molecule has 28 heavy (non-hydrogen) atoms. The van der Waals surface area contributed by atoms with E-state index in [4.69, 9.17) is 5.73 Å². The molecule has 0 aromatic heterocycles. The first-order valence-electron chi connectivity index (χ1n) is 9.88. The van der Waals surface area contributed by atoms with Crippen LogP contribution in [0.25, 0.3) is 22.3 Å². The van der Waals surface area contributed by atoms with Crippen LogP contribution in [0.15, 0.2) is 91.0 Å². The lowest BCUT2D eigenvalue weighted by molar-refractivity contribution is 0.488. The maximum absolute atomic E-state index is 7.49. The van der Waals surface area contributed by atoms with Gasteiger partial charge in [0.15, 0.2) is 0 Å². The van der Waals surface area contributed by atoms with Crippen LogP contribution in [-0.2, 0) is 5.54 Å². The molecule has 0 heterocycles. The van der Waals surface area contributed by atoms with Gasteiger partial charge in [0.1, 0.15) is 0 Å². The van der Waals surface area contributed by atoms with Gasteiger partial charge in [0.05, 0.1) is 5.54 Å². The van der Waals surface area contributed by atoms with Gasteiger partial charge in [0.25, 0.3) is 0 Å². The standard InChI is InChI=1S/C27H21N/c1-17-9-8-14-21-18-10-2-3-13-22(18)26(25(17)21)27(28)23-15-6-4-11-19(23)20-12-5-7-16-24(20)27/h2-16,26H,28H2,1H3. The first kappa shape index (κ1) is 15.9. The quantitative estimate of drug-likeness (QED) is 0.444. The molecule has 4 aromatic carbocycles. The number of hydrogen-bond acceptors (Lipinski definition) is 1. The van der Waals surface area contributed by atoms with Crippen LogP contribution < -0.4 is 5.73 Å². The molecule has 1 atom stereocenters. The van der Waals surface area contributed by atoms with Crippen molar-refractivity contribution in [2.24, 2.45) is 5.73 Å². The van der Waals surface area contributed by atoms with E-state index in [9.17, 15) is 0 Å². The third kappa shape index (κ3) is 1.80. The Balaban J connectivity index is 1.74. The van der Waals surface area contributed by atoms with Crippen molar-refractivity contribution in [1.29, 1.82) is 0 Å². The summed E-state index contributed by atoms with van der Waals surface area (Å²) in [4.78, 5) is 0. The molecular formula is C27H21N. The van der Waals surface area contributed by atoms with E-state index in [1.165, 1.54) is 50.1 Å². The van der Waals surface area contributed by atoms with Crippen LogP contribution in [0, 0.1) is 6.92 Å². The predicted molar refractivity (Wildman–Crippen MR) is 115 cm³/mol. The molecule has 2 aliphatic rings. The lowest BCUT2D eigenvalue weighted by Crippen LogP contribution is -2.42. The second-order valence-corrected chi connectivity index (χ2v) is 8.02. The molecule has 2 aliphatic carbocycles. The molecule has 0 fully saturated rings. The third-order valence-electron chi connectivity index (χ3n) is 6.67. The van der Waals surface area contributed by atoms with Gasteiger partial charge >= 0.3 is 0 Å². The van der Waals surface area contributed by atoms with Crippen molar-refractivity contribution in [3.63, 3.8) is 0 Å². The first-order chi connectivity index (χ1) is 13.7. The van der Waals surface area contributed by atoms with Gasteiger partial charge in [-0.25, -0.2) is 0 Å². The minimum Gasteiger partial charge on any atom is -0.317 e. The smallest absolute Gasteiger partial charge is 0.0788 e. The van der Waals surface area contributed by atoms with E-state index < -0.39 is 5.54 Å². The summed E-state index contributed by atoms with van der Waals surface area (Å²) < 4.78 is 0. The van der Waals surface area contributed by atoms with Gasteiger partial charge in [-0.05, 0) is 57.0 Å². The number of aryl methyl sites for hydroxylation is 1. The summed E-state index contributed by atoms with van der Waals surface area (Å²) in [6, 6.07) is 32.7. The van der Waals surface area contributed by atoms with E-state index in [0.717, 1.165) is 0 Å². The zero-order valence-electron chi connectivity index (χ0n) is 15.8. The monoisotopic (exact) mass is 359 g/mol. The van der Waals surface area contributed by atoms with Gasteiger partial charge < -0.3 is 5.73 Å². The number of rotatable bonds is 1. The number of benzene rings is 4. The number of hydrogen-bond donors (Lipinski definition) is 1. The van der Waals surface area contributed by atoms with Crippen molar-refractivity contribution in [1.82, 2.24) is 0 Å². The Morgan fingerprint density at radius 3 is 1.82 bits per heavy atom. The highest BCUT2D eigenvalue weighted by Gasteiger charge is 2.50. The van der Waals surface area contributed by atoms with Crippen LogP contribution in [0.5, 0.6) is 0 Å². The fraction of sp³-hybridized carbons (Fsp3) is 0.111. The van der Waals surface area contributed by atoms with Crippen LogP contribution in [0.4, 0.5) is 0 Å². The molecule has 1 nitrogen and oxygen atoms in total. The number of fused-ring (bicyclic) bond motifs is 6. The number of nitrogens with two attached hydrogens (primary N) is 1. The normalized spacial score (nSPS) is 17.6. The first-order valence-corrected chi connectivity index (χ1v) is 9.88. The molecule has 0 amide bonds. The molecule has 0 spiro atoms. The summed E-state index contributed by atoms with van der Waals surface area (Å²) in [5.41, 5.74) is 18.6. The van der Waals surface area contributed by atoms with E-state index >= 15 is 0 Å². The van der Waals surface area contributed by atoms with Crippen LogP contribution in [-0.4, -0.2) is 0 Å². The summed E-state index contributed by atoms with van der Waals surface area (Å²) in [5.74, 6) is 0.102. The molecule has 6 rings (SSSR count).